The van der Waals surface area contributed by atoms with Gasteiger partial charge in [-0.3, -0.25) is 9.69 Å². The Kier molecular flexibility index (Phi) is 5.13. The van der Waals surface area contributed by atoms with E-state index in [9.17, 15) is 4.79 Å². The van der Waals surface area contributed by atoms with Gasteiger partial charge in [0.2, 0.25) is 5.91 Å². The highest BCUT2D eigenvalue weighted by Crippen LogP contribution is 2.17. The molecule has 0 aliphatic carbocycles. The molecule has 0 radical (unpaired) electrons. The third-order valence-electron chi connectivity index (χ3n) is 4.20. The molecule has 0 aromatic rings. The van der Waals surface area contributed by atoms with Gasteiger partial charge in [0.1, 0.15) is 0 Å². The Hall–Kier alpha value is -0.720. The zero-order valence-electron chi connectivity index (χ0n) is 11.7. The standard InChI is InChI=1S/C13H24N4OS/c1-15-6-8-17(9-7-15)12(18)10-16-4-2-11(3-5-16)13(14)19/h11H,2-10H2,1H3,(H2,14,19). The van der Waals surface area contributed by atoms with Gasteiger partial charge in [0.15, 0.2) is 0 Å². The molecule has 2 N–H and O–H groups in total. The Morgan fingerprint density at radius 3 is 2.26 bits per heavy atom. The summed E-state index contributed by atoms with van der Waals surface area (Å²) in [6.45, 7) is 6.10. The molecule has 0 unspecified atom stereocenters. The molecule has 0 aromatic heterocycles. The molecular formula is C13H24N4OS. The zero-order chi connectivity index (χ0) is 13.8. The second kappa shape index (κ2) is 6.63. The summed E-state index contributed by atoms with van der Waals surface area (Å²) in [4.78, 5) is 19.3. The summed E-state index contributed by atoms with van der Waals surface area (Å²) >= 11 is 5.03. The summed E-state index contributed by atoms with van der Waals surface area (Å²) in [6.07, 6.45) is 1.98. The number of carbonyl (C=O) groups excluding carboxylic acids is 1. The molecule has 0 saturated carbocycles. The molecule has 2 saturated heterocycles. The summed E-state index contributed by atoms with van der Waals surface area (Å²) in [5.74, 6) is 0.631. The van der Waals surface area contributed by atoms with Crippen LogP contribution in [0.2, 0.25) is 0 Å². The van der Waals surface area contributed by atoms with E-state index in [1.54, 1.807) is 0 Å². The number of hydrogen-bond acceptors (Lipinski definition) is 4. The second-order valence-corrected chi connectivity index (χ2v) is 6.11. The molecule has 0 aromatic carbocycles. The predicted molar refractivity (Wildman–Crippen MR) is 80.0 cm³/mol. The smallest absolute Gasteiger partial charge is 0.236 e. The van der Waals surface area contributed by atoms with Crippen molar-refractivity contribution in [1.29, 1.82) is 0 Å². The number of likely N-dealkylation sites (N-methyl/N-ethyl adjacent to an activating group) is 1. The van der Waals surface area contributed by atoms with Gasteiger partial charge in [0.25, 0.3) is 0 Å². The van der Waals surface area contributed by atoms with Gasteiger partial charge < -0.3 is 15.5 Å². The third kappa shape index (κ3) is 4.12. The minimum Gasteiger partial charge on any atom is -0.393 e. The Morgan fingerprint density at radius 1 is 1.16 bits per heavy atom. The average Bonchev–Trinajstić information content (AvgIpc) is 2.40. The lowest BCUT2D eigenvalue weighted by molar-refractivity contribution is -0.134. The average molecular weight is 284 g/mol. The Morgan fingerprint density at radius 2 is 1.74 bits per heavy atom. The van der Waals surface area contributed by atoms with Gasteiger partial charge in [-0.2, -0.15) is 0 Å². The van der Waals surface area contributed by atoms with Crippen molar-refractivity contribution < 1.29 is 4.79 Å². The van der Waals surface area contributed by atoms with E-state index in [1.165, 1.54) is 0 Å². The molecule has 108 valence electrons. The minimum atomic E-state index is 0.266. The van der Waals surface area contributed by atoms with E-state index in [0.717, 1.165) is 52.1 Å². The van der Waals surface area contributed by atoms with E-state index in [2.05, 4.69) is 16.8 Å². The van der Waals surface area contributed by atoms with Crippen LogP contribution in [0.3, 0.4) is 0 Å². The number of nitrogens with zero attached hydrogens (tertiary/aromatic N) is 3. The number of piperidine rings is 1. The van der Waals surface area contributed by atoms with Gasteiger partial charge in [0.05, 0.1) is 11.5 Å². The van der Waals surface area contributed by atoms with Crippen LogP contribution in [0, 0.1) is 5.92 Å². The van der Waals surface area contributed by atoms with E-state index < -0.39 is 0 Å². The van der Waals surface area contributed by atoms with E-state index >= 15 is 0 Å². The molecule has 0 bridgehead atoms. The molecule has 5 nitrogen and oxygen atoms in total. The molecular weight excluding hydrogens is 260 g/mol. The number of rotatable bonds is 3. The minimum absolute atomic E-state index is 0.266. The largest absolute Gasteiger partial charge is 0.393 e. The van der Waals surface area contributed by atoms with Gasteiger partial charge in [-0.1, -0.05) is 12.2 Å². The first kappa shape index (κ1) is 14.7. The number of hydrogen-bond donors (Lipinski definition) is 1. The van der Waals surface area contributed by atoms with Crippen LogP contribution in [-0.4, -0.2) is 78.5 Å². The van der Waals surface area contributed by atoms with Crippen LogP contribution in [0.1, 0.15) is 12.8 Å². The van der Waals surface area contributed by atoms with E-state index in [1.807, 2.05) is 4.90 Å². The lowest BCUT2D eigenvalue weighted by atomic mass is 9.97. The quantitative estimate of drug-likeness (QED) is 0.725. The maximum atomic E-state index is 12.2. The lowest BCUT2D eigenvalue weighted by Gasteiger charge is -2.35. The molecule has 2 aliphatic heterocycles. The molecule has 19 heavy (non-hydrogen) atoms. The van der Waals surface area contributed by atoms with Crippen molar-refractivity contribution in [3.63, 3.8) is 0 Å². The van der Waals surface area contributed by atoms with Crippen molar-refractivity contribution in [1.82, 2.24) is 14.7 Å². The summed E-state index contributed by atoms with van der Waals surface area (Å²) < 4.78 is 0. The third-order valence-corrected chi connectivity index (χ3v) is 4.54. The lowest BCUT2D eigenvalue weighted by Crippen LogP contribution is -2.51. The first-order valence-corrected chi connectivity index (χ1v) is 7.45. The highest BCUT2D eigenvalue weighted by atomic mass is 32.1. The molecule has 6 heteroatoms. The van der Waals surface area contributed by atoms with E-state index in [-0.39, 0.29) is 5.91 Å². The first-order valence-electron chi connectivity index (χ1n) is 7.04. The van der Waals surface area contributed by atoms with Crippen molar-refractivity contribution in [2.75, 3.05) is 52.9 Å². The van der Waals surface area contributed by atoms with Gasteiger partial charge in [-0.05, 0) is 33.0 Å². The Labute approximate surface area is 120 Å². The van der Waals surface area contributed by atoms with Crippen molar-refractivity contribution >= 4 is 23.1 Å². The van der Waals surface area contributed by atoms with Gasteiger partial charge in [-0.25, -0.2) is 0 Å². The molecule has 2 rings (SSSR count). The number of likely N-dealkylation sites (tertiary alicyclic amines) is 1. The van der Waals surface area contributed by atoms with Crippen LogP contribution in [0.4, 0.5) is 0 Å². The fourth-order valence-electron chi connectivity index (χ4n) is 2.72. The SMILES string of the molecule is CN1CCN(C(=O)CN2CCC(C(N)=S)CC2)CC1. The Balaban J connectivity index is 1.73. The normalized spacial score (nSPS) is 23.5. The van der Waals surface area contributed by atoms with Crippen molar-refractivity contribution in [3.8, 4) is 0 Å². The predicted octanol–water partition coefficient (Wildman–Crippen LogP) is -0.241. The summed E-state index contributed by atoms with van der Waals surface area (Å²) in [7, 11) is 2.10. The highest BCUT2D eigenvalue weighted by molar-refractivity contribution is 7.80. The number of piperazine rings is 1. The summed E-state index contributed by atoms with van der Waals surface area (Å²) in [5.41, 5.74) is 5.68. The molecule has 0 atom stereocenters. The second-order valence-electron chi connectivity index (χ2n) is 5.64. The van der Waals surface area contributed by atoms with Gasteiger partial charge in [-0.15, -0.1) is 0 Å². The molecule has 2 aliphatic rings. The van der Waals surface area contributed by atoms with Crippen LogP contribution in [0.25, 0.3) is 0 Å². The number of amides is 1. The highest BCUT2D eigenvalue weighted by Gasteiger charge is 2.25. The summed E-state index contributed by atoms with van der Waals surface area (Å²) in [5, 5.41) is 0. The van der Waals surface area contributed by atoms with Gasteiger partial charge in [0, 0.05) is 32.1 Å². The van der Waals surface area contributed by atoms with Crippen LogP contribution in [-0.2, 0) is 4.79 Å². The van der Waals surface area contributed by atoms with Crippen molar-refractivity contribution in [3.05, 3.63) is 0 Å². The number of carbonyl (C=O) groups is 1. The maximum Gasteiger partial charge on any atom is 0.236 e. The monoisotopic (exact) mass is 284 g/mol. The van der Waals surface area contributed by atoms with Gasteiger partial charge >= 0.3 is 0 Å². The molecule has 0 spiro atoms. The number of thiocarbonyl (C=S) groups is 1. The Bertz CT molecular complexity index is 334. The number of nitrogens with two attached hydrogens (primary N) is 1. The molecule has 2 heterocycles. The molecule has 2 fully saturated rings. The van der Waals surface area contributed by atoms with Crippen LogP contribution >= 0.6 is 12.2 Å². The van der Waals surface area contributed by atoms with Crippen LogP contribution < -0.4 is 5.73 Å². The van der Waals surface area contributed by atoms with E-state index in [0.29, 0.717) is 17.5 Å². The van der Waals surface area contributed by atoms with Crippen LogP contribution in [0.15, 0.2) is 0 Å². The fraction of sp³-hybridized carbons (Fsp3) is 0.846. The molecule has 1 amide bonds. The van der Waals surface area contributed by atoms with Crippen LogP contribution in [0.5, 0.6) is 0 Å². The first-order chi connectivity index (χ1) is 9.06. The zero-order valence-corrected chi connectivity index (χ0v) is 12.5. The van der Waals surface area contributed by atoms with Crippen molar-refractivity contribution in [2.45, 2.75) is 12.8 Å². The maximum absolute atomic E-state index is 12.2. The topological polar surface area (TPSA) is 52.8 Å². The van der Waals surface area contributed by atoms with E-state index in [4.69, 9.17) is 18.0 Å². The summed E-state index contributed by atoms with van der Waals surface area (Å²) in [6, 6.07) is 0. The van der Waals surface area contributed by atoms with Crippen molar-refractivity contribution in [2.24, 2.45) is 11.7 Å². The fourth-order valence-corrected chi connectivity index (χ4v) is 2.96.